The first-order valence-electron chi connectivity index (χ1n) is 11.0. The summed E-state index contributed by atoms with van der Waals surface area (Å²) in [6, 6.07) is 9.67. The molecule has 0 spiro atoms. The second-order valence-electron chi connectivity index (χ2n) is 8.96. The first kappa shape index (κ1) is 24.1. The zero-order chi connectivity index (χ0) is 24.8. The molecule has 2 aliphatic rings. The number of rotatable bonds is 4. The van der Waals surface area contributed by atoms with Crippen molar-refractivity contribution >= 4 is 63.8 Å². The second-order valence-corrected chi connectivity index (χ2v) is 9.78. The van der Waals surface area contributed by atoms with Gasteiger partial charge >= 0.3 is 0 Å². The van der Waals surface area contributed by atoms with Crippen molar-refractivity contribution in [3.63, 3.8) is 0 Å². The number of thiocarbonyl (C=S) groups is 1. The van der Waals surface area contributed by atoms with Crippen molar-refractivity contribution in [3.05, 3.63) is 70.0 Å². The number of carbonyl (C=O) groups is 2. The van der Waals surface area contributed by atoms with Crippen LogP contribution < -0.4 is 15.1 Å². The zero-order valence-corrected chi connectivity index (χ0v) is 21.0. The summed E-state index contributed by atoms with van der Waals surface area (Å²) in [6.07, 6.45) is 4.35. The van der Waals surface area contributed by atoms with Gasteiger partial charge in [-0.2, -0.15) is 0 Å². The summed E-state index contributed by atoms with van der Waals surface area (Å²) in [6.45, 7) is 9.04. The summed E-state index contributed by atoms with van der Waals surface area (Å²) in [5.74, 6) is -1.81. The van der Waals surface area contributed by atoms with Crippen molar-refractivity contribution in [1.82, 2.24) is 5.32 Å². The third-order valence-corrected chi connectivity index (χ3v) is 6.57. The van der Waals surface area contributed by atoms with Gasteiger partial charge in [0, 0.05) is 28.4 Å². The monoisotopic (exact) mass is 497 g/mol. The standard InChI is InChI=1S/C26H25ClFN3O2S/c1-5-10-30-22-13-21(28)16(11-19(22)15(2)14-26(30,3)4)12-20-23(32)29-25(34)31(24(20)33)18-8-6-17(27)7-9-18/h6-9,11-14H,5,10H2,1-4H3,(H,29,32,34)/b20-12-. The third-order valence-electron chi connectivity index (χ3n) is 6.03. The minimum Gasteiger partial charge on any atom is -0.362 e. The summed E-state index contributed by atoms with van der Waals surface area (Å²) >= 11 is 11.2. The van der Waals surface area contributed by atoms with Crippen LogP contribution in [0.5, 0.6) is 0 Å². The molecule has 1 saturated heterocycles. The Morgan fingerprint density at radius 2 is 1.85 bits per heavy atom. The lowest BCUT2D eigenvalue weighted by molar-refractivity contribution is -0.122. The first-order chi connectivity index (χ1) is 16.0. The number of carbonyl (C=O) groups excluding carboxylic acids is 2. The van der Waals surface area contributed by atoms with Crippen LogP contribution in [0.3, 0.4) is 0 Å². The van der Waals surface area contributed by atoms with Gasteiger partial charge in [-0.3, -0.25) is 19.8 Å². The van der Waals surface area contributed by atoms with E-state index in [-0.39, 0.29) is 21.8 Å². The molecule has 0 radical (unpaired) electrons. The molecule has 0 saturated carbocycles. The summed E-state index contributed by atoms with van der Waals surface area (Å²) in [5, 5.41) is 2.98. The molecule has 0 aromatic heterocycles. The molecule has 1 N–H and O–H groups in total. The number of fused-ring (bicyclic) bond motifs is 1. The van der Waals surface area contributed by atoms with Crippen LogP contribution in [0, 0.1) is 5.82 Å². The van der Waals surface area contributed by atoms with E-state index in [4.69, 9.17) is 23.8 Å². The number of allylic oxidation sites excluding steroid dienone is 1. The molecule has 5 nitrogen and oxygen atoms in total. The van der Waals surface area contributed by atoms with Gasteiger partial charge in [-0.25, -0.2) is 4.39 Å². The Kier molecular flexibility index (Phi) is 6.36. The number of benzene rings is 2. The largest absolute Gasteiger partial charge is 0.362 e. The molecule has 2 aromatic rings. The Balaban J connectivity index is 1.78. The van der Waals surface area contributed by atoms with Crippen LogP contribution in [0.15, 0.2) is 48.0 Å². The lowest BCUT2D eigenvalue weighted by Crippen LogP contribution is -2.54. The average Bonchev–Trinajstić information content (AvgIpc) is 2.75. The molecule has 34 heavy (non-hydrogen) atoms. The molecule has 1 fully saturated rings. The molecule has 8 heteroatoms. The van der Waals surface area contributed by atoms with Gasteiger partial charge in [-0.05, 0) is 87.5 Å². The van der Waals surface area contributed by atoms with E-state index < -0.39 is 17.6 Å². The van der Waals surface area contributed by atoms with Crippen LogP contribution in [-0.4, -0.2) is 29.0 Å². The van der Waals surface area contributed by atoms with E-state index in [1.165, 1.54) is 17.0 Å². The van der Waals surface area contributed by atoms with Gasteiger partial charge in [0.15, 0.2) is 5.11 Å². The van der Waals surface area contributed by atoms with Gasteiger partial charge in [0.05, 0.1) is 11.2 Å². The molecular formula is C26H25ClFN3O2S. The molecule has 0 atom stereocenters. The van der Waals surface area contributed by atoms with Crippen molar-refractivity contribution in [2.45, 2.75) is 39.7 Å². The molecular weight excluding hydrogens is 473 g/mol. The van der Waals surface area contributed by atoms with Gasteiger partial charge in [-0.1, -0.05) is 24.6 Å². The highest BCUT2D eigenvalue weighted by molar-refractivity contribution is 7.80. The molecule has 2 heterocycles. The molecule has 2 amide bonds. The van der Waals surface area contributed by atoms with Gasteiger partial charge in [0.2, 0.25) is 0 Å². The topological polar surface area (TPSA) is 52.7 Å². The second kappa shape index (κ2) is 8.96. The zero-order valence-electron chi connectivity index (χ0n) is 19.4. The quantitative estimate of drug-likeness (QED) is 0.333. The fourth-order valence-corrected chi connectivity index (χ4v) is 4.90. The van der Waals surface area contributed by atoms with Crippen LogP contribution in [-0.2, 0) is 9.59 Å². The van der Waals surface area contributed by atoms with Crippen LogP contribution in [0.1, 0.15) is 45.2 Å². The van der Waals surface area contributed by atoms with Gasteiger partial charge < -0.3 is 4.90 Å². The summed E-state index contributed by atoms with van der Waals surface area (Å²) < 4.78 is 15.3. The third kappa shape index (κ3) is 4.26. The SMILES string of the molecule is CCCN1c2cc(F)c(/C=C3/C(=O)NC(=S)N(c4ccc(Cl)cc4)C3=O)cc2C(C)=CC1(C)C. The lowest BCUT2D eigenvalue weighted by atomic mass is 9.87. The van der Waals surface area contributed by atoms with Crippen LogP contribution >= 0.6 is 23.8 Å². The predicted molar refractivity (Wildman–Crippen MR) is 139 cm³/mol. The van der Waals surface area contributed by atoms with Crippen LogP contribution in [0.25, 0.3) is 11.6 Å². The van der Waals surface area contributed by atoms with Gasteiger partial charge in [0.1, 0.15) is 11.4 Å². The van der Waals surface area contributed by atoms with Gasteiger partial charge in [0.25, 0.3) is 11.8 Å². The molecule has 0 unspecified atom stereocenters. The van der Waals surface area contributed by atoms with Crippen molar-refractivity contribution in [3.8, 4) is 0 Å². The van der Waals surface area contributed by atoms with Gasteiger partial charge in [-0.15, -0.1) is 0 Å². The number of nitrogens with one attached hydrogen (secondary N) is 1. The Hall–Kier alpha value is -3.03. The number of halogens is 2. The van der Waals surface area contributed by atoms with E-state index in [1.54, 1.807) is 30.3 Å². The maximum absolute atomic E-state index is 15.3. The smallest absolute Gasteiger partial charge is 0.270 e. The molecule has 176 valence electrons. The van der Waals surface area contributed by atoms with Crippen LogP contribution in [0.4, 0.5) is 15.8 Å². The molecule has 4 rings (SSSR count). The Labute approximate surface area is 208 Å². The van der Waals surface area contributed by atoms with E-state index in [9.17, 15) is 9.59 Å². The Morgan fingerprint density at radius 1 is 1.18 bits per heavy atom. The van der Waals surface area contributed by atoms with E-state index in [2.05, 4.69) is 37.1 Å². The number of anilines is 2. The molecule has 0 bridgehead atoms. The van der Waals surface area contributed by atoms with E-state index in [1.807, 2.05) is 6.92 Å². The molecule has 2 aliphatic heterocycles. The van der Waals surface area contributed by atoms with E-state index in [0.29, 0.717) is 10.7 Å². The van der Waals surface area contributed by atoms with Crippen molar-refractivity contribution in [1.29, 1.82) is 0 Å². The lowest BCUT2D eigenvalue weighted by Gasteiger charge is -2.43. The maximum Gasteiger partial charge on any atom is 0.270 e. The predicted octanol–water partition coefficient (Wildman–Crippen LogP) is 5.72. The number of hydrogen-bond acceptors (Lipinski definition) is 4. The Bertz CT molecular complexity index is 1270. The summed E-state index contributed by atoms with van der Waals surface area (Å²) in [4.78, 5) is 29.3. The minimum absolute atomic E-state index is 0.0448. The summed E-state index contributed by atoms with van der Waals surface area (Å²) in [7, 11) is 0. The maximum atomic E-state index is 15.3. The van der Waals surface area contributed by atoms with E-state index in [0.717, 1.165) is 29.8 Å². The van der Waals surface area contributed by atoms with Crippen molar-refractivity contribution in [2.24, 2.45) is 0 Å². The first-order valence-corrected chi connectivity index (χ1v) is 11.8. The van der Waals surface area contributed by atoms with Crippen LogP contribution in [0.2, 0.25) is 5.02 Å². The minimum atomic E-state index is -0.668. The van der Waals surface area contributed by atoms with Crippen molar-refractivity contribution < 1.29 is 14.0 Å². The average molecular weight is 498 g/mol. The number of hydrogen-bond donors (Lipinski definition) is 1. The molecule has 2 aromatic carbocycles. The fraction of sp³-hybridized carbons (Fsp3) is 0.269. The fourth-order valence-electron chi connectivity index (χ4n) is 4.50. The highest BCUT2D eigenvalue weighted by Gasteiger charge is 2.35. The number of amides is 2. The van der Waals surface area contributed by atoms with Crippen molar-refractivity contribution in [2.75, 3.05) is 16.3 Å². The highest BCUT2D eigenvalue weighted by atomic mass is 35.5. The summed E-state index contributed by atoms with van der Waals surface area (Å²) in [5.41, 5.74) is 2.83. The molecule has 0 aliphatic carbocycles. The number of nitrogens with zero attached hydrogens (tertiary/aromatic N) is 2. The normalized spacial score (nSPS) is 18.7. The van der Waals surface area contributed by atoms with E-state index >= 15 is 4.39 Å². The Morgan fingerprint density at radius 3 is 2.50 bits per heavy atom. The highest BCUT2D eigenvalue weighted by Crippen LogP contribution is 2.40.